The van der Waals surface area contributed by atoms with Gasteiger partial charge in [-0.1, -0.05) is 24.3 Å². The maximum absolute atomic E-state index is 12.4. The van der Waals surface area contributed by atoms with Crippen LogP contribution in [-0.4, -0.2) is 37.5 Å². The molecule has 6 nitrogen and oxygen atoms in total. The fourth-order valence-electron chi connectivity index (χ4n) is 2.92. The molecule has 24 heavy (non-hydrogen) atoms. The van der Waals surface area contributed by atoms with E-state index < -0.39 is 10.0 Å². The van der Waals surface area contributed by atoms with Gasteiger partial charge < -0.3 is 4.90 Å². The molecular formula is C17H22N4O2S. The zero-order chi connectivity index (χ0) is 17.0. The van der Waals surface area contributed by atoms with Gasteiger partial charge in [-0.25, -0.2) is 23.1 Å². The van der Waals surface area contributed by atoms with Crippen LogP contribution >= 0.6 is 0 Å². The van der Waals surface area contributed by atoms with Crippen LogP contribution in [0.3, 0.4) is 0 Å². The van der Waals surface area contributed by atoms with E-state index in [0.717, 1.165) is 37.1 Å². The second-order valence-electron chi connectivity index (χ2n) is 6.11. The van der Waals surface area contributed by atoms with Gasteiger partial charge >= 0.3 is 0 Å². The van der Waals surface area contributed by atoms with Crippen LogP contribution in [-0.2, 0) is 15.8 Å². The molecule has 3 rings (SSSR count). The first-order chi connectivity index (χ1) is 11.5. The number of rotatable bonds is 5. The Kier molecular flexibility index (Phi) is 5.11. The molecule has 1 aromatic carbocycles. The molecule has 128 valence electrons. The molecule has 1 aliphatic rings. The number of sulfonamides is 1. The lowest BCUT2D eigenvalue weighted by Gasteiger charge is -2.32. The molecule has 7 heteroatoms. The van der Waals surface area contributed by atoms with Crippen molar-refractivity contribution in [2.45, 2.75) is 31.6 Å². The maximum Gasteiger partial charge on any atom is 0.225 e. The van der Waals surface area contributed by atoms with E-state index in [-0.39, 0.29) is 11.8 Å². The zero-order valence-corrected chi connectivity index (χ0v) is 14.5. The molecule has 2 heterocycles. The Morgan fingerprint density at radius 1 is 1.12 bits per heavy atom. The van der Waals surface area contributed by atoms with Crippen molar-refractivity contribution in [2.75, 3.05) is 18.0 Å². The summed E-state index contributed by atoms with van der Waals surface area (Å²) in [5.41, 5.74) is 1.85. The van der Waals surface area contributed by atoms with Crippen LogP contribution in [0.2, 0.25) is 0 Å². The standard InChI is InChI=1S/C17H22N4O2S/c1-14-5-2-3-6-15(14)13-24(22,23)20-16-7-11-21(12-8-16)17-18-9-4-10-19-17/h2-6,9-10,16,20H,7-8,11-13H2,1H3. The minimum atomic E-state index is -3.34. The highest BCUT2D eigenvalue weighted by molar-refractivity contribution is 7.88. The summed E-state index contributed by atoms with van der Waals surface area (Å²) in [5.74, 6) is 0.737. The second-order valence-corrected chi connectivity index (χ2v) is 7.87. The topological polar surface area (TPSA) is 75.2 Å². The maximum atomic E-state index is 12.4. The number of nitrogens with one attached hydrogen (secondary N) is 1. The molecule has 0 atom stereocenters. The number of hydrogen-bond donors (Lipinski definition) is 1. The predicted octanol–water partition coefficient (Wildman–Crippen LogP) is 1.87. The van der Waals surface area contributed by atoms with Gasteiger partial charge in [0, 0.05) is 31.5 Å². The number of piperidine rings is 1. The van der Waals surface area contributed by atoms with Crippen molar-refractivity contribution >= 4 is 16.0 Å². The molecule has 0 saturated carbocycles. The van der Waals surface area contributed by atoms with Crippen LogP contribution in [0.25, 0.3) is 0 Å². The molecule has 1 saturated heterocycles. The second kappa shape index (κ2) is 7.27. The summed E-state index contributed by atoms with van der Waals surface area (Å²) in [4.78, 5) is 10.6. The van der Waals surface area contributed by atoms with Gasteiger partial charge in [-0.2, -0.15) is 0 Å². The van der Waals surface area contributed by atoms with E-state index in [1.54, 1.807) is 18.5 Å². The third-order valence-corrected chi connectivity index (χ3v) is 5.67. The lowest BCUT2D eigenvalue weighted by molar-refractivity contribution is 0.456. The zero-order valence-electron chi connectivity index (χ0n) is 13.7. The lowest BCUT2D eigenvalue weighted by Crippen LogP contribution is -2.45. The molecule has 0 bridgehead atoms. The van der Waals surface area contributed by atoms with Crippen LogP contribution in [0.15, 0.2) is 42.7 Å². The van der Waals surface area contributed by atoms with E-state index in [9.17, 15) is 8.42 Å². The number of benzene rings is 1. The Labute approximate surface area is 143 Å². The van der Waals surface area contributed by atoms with Crippen LogP contribution in [0.5, 0.6) is 0 Å². The average Bonchev–Trinajstić information content (AvgIpc) is 2.58. The summed E-state index contributed by atoms with van der Waals surface area (Å²) in [7, 11) is -3.34. The summed E-state index contributed by atoms with van der Waals surface area (Å²) in [6.07, 6.45) is 4.95. The number of anilines is 1. The summed E-state index contributed by atoms with van der Waals surface area (Å²) in [6.45, 7) is 3.44. The van der Waals surface area contributed by atoms with Crippen LogP contribution in [0.1, 0.15) is 24.0 Å². The van der Waals surface area contributed by atoms with E-state index in [4.69, 9.17) is 0 Å². The molecule has 1 N–H and O–H groups in total. The molecule has 0 radical (unpaired) electrons. The highest BCUT2D eigenvalue weighted by Crippen LogP contribution is 2.17. The van der Waals surface area contributed by atoms with Crippen LogP contribution < -0.4 is 9.62 Å². The molecule has 0 aliphatic carbocycles. The monoisotopic (exact) mass is 346 g/mol. The third-order valence-electron chi connectivity index (χ3n) is 4.28. The summed E-state index contributed by atoms with van der Waals surface area (Å²) >= 11 is 0. The number of hydrogen-bond acceptors (Lipinski definition) is 5. The van der Waals surface area contributed by atoms with E-state index in [2.05, 4.69) is 19.6 Å². The van der Waals surface area contributed by atoms with Gasteiger partial charge in [0.2, 0.25) is 16.0 Å². The van der Waals surface area contributed by atoms with Crippen molar-refractivity contribution in [3.05, 3.63) is 53.9 Å². The van der Waals surface area contributed by atoms with E-state index >= 15 is 0 Å². The van der Waals surface area contributed by atoms with Gasteiger partial charge in [-0.05, 0) is 37.0 Å². The average molecular weight is 346 g/mol. The van der Waals surface area contributed by atoms with Crippen LogP contribution in [0, 0.1) is 6.92 Å². The minimum absolute atomic E-state index is 0.0287. The van der Waals surface area contributed by atoms with Gasteiger partial charge in [0.05, 0.1) is 5.75 Å². The molecule has 0 amide bonds. The molecule has 1 aliphatic heterocycles. The van der Waals surface area contributed by atoms with Crippen molar-refractivity contribution in [1.82, 2.24) is 14.7 Å². The molecule has 1 aromatic heterocycles. The first kappa shape index (κ1) is 16.9. The molecule has 1 fully saturated rings. The quantitative estimate of drug-likeness (QED) is 0.894. The van der Waals surface area contributed by atoms with Crippen molar-refractivity contribution in [3.8, 4) is 0 Å². The van der Waals surface area contributed by atoms with Crippen molar-refractivity contribution in [1.29, 1.82) is 0 Å². The molecular weight excluding hydrogens is 324 g/mol. The van der Waals surface area contributed by atoms with Crippen molar-refractivity contribution in [3.63, 3.8) is 0 Å². The van der Waals surface area contributed by atoms with E-state index in [1.165, 1.54) is 0 Å². The highest BCUT2D eigenvalue weighted by Gasteiger charge is 2.25. The first-order valence-corrected chi connectivity index (χ1v) is 9.75. The minimum Gasteiger partial charge on any atom is -0.341 e. The third kappa shape index (κ3) is 4.30. The fraction of sp³-hybridized carbons (Fsp3) is 0.412. The molecule has 0 spiro atoms. The molecule has 2 aromatic rings. The number of nitrogens with zero attached hydrogens (tertiary/aromatic N) is 3. The first-order valence-electron chi connectivity index (χ1n) is 8.10. The van der Waals surface area contributed by atoms with E-state index in [0.29, 0.717) is 5.95 Å². The summed E-state index contributed by atoms with van der Waals surface area (Å²) < 4.78 is 27.7. The Morgan fingerprint density at radius 3 is 2.46 bits per heavy atom. The predicted molar refractivity (Wildman–Crippen MR) is 94.2 cm³/mol. The SMILES string of the molecule is Cc1ccccc1CS(=O)(=O)NC1CCN(c2ncccn2)CC1. The van der Waals surface area contributed by atoms with Gasteiger partial charge in [0.25, 0.3) is 0 Å². The fourth-order valence-corrected chi connectivity index (χ4v) is 4.48. The smallest absolute Gasteiger partial charge is 0.225 e. The van der Waals surface area contributed by atoms with E-state index in [1.807, 2.05) is 31.2 Å². The van der Waals surface area contributed by atoms with Gasteiger partial charge in [-0.3, -0.25) is 0 Å². The van der Waals surface area contributed by atoms with Crippen LogP contribution in [0.4, 0.5) is 5.95 Å². The van der Waals surface area contributed by atoms with Gasteiger partial charge in [0.1, 0.15) is 0 Å². The van der Waals surface area contributed by atoms with Gasteiger partial charge in [0.15, 0.2) is 0 Å². The lowest BCUT2D eigenvalue weighted by atomic mass is 10.1. The Hall–Kier alpha value is -1.99. The van der Waals surface area contributed by atoms with Crippen molar-refractivity contribution in [2.24, 2.45) is 0 Å². The summed E-state index contributed by atoms with van der Waals surface area (Å²) in [5, 5.41) is 0. The van der Waals surface area contributed by atoms with Gasteiger partial charge in [-0.15, -0.1) is 0 Å². The number of aryl methyl sites for hydroxylation is 1. The highest BCUT2D eigenvalue weighted by atomic mass is 32.2. The molecule has 0 unspecified atom stereocenters. The Morgan fingerprint density at radius 2 is 1.79 bits per heavy atom. The Balaban J connectivity index is 1.56. The van der Waals surface area contributed by atoms with Crippen molar-refractivity contribution < 1.29 is 8.42 Å². The normalized spacial score (nSPS) is 16.3. The number of aromatic nitrogens is 2. The largest absolute Gasteiger partial charge is 0.341 e. The Bertz CT molecular complexity index is 772. The summed E-state index contributed by atoms with van der Waals surface area (Å²) in [6, 6.07) is 9.35.